The molecule has 3 aliphatic heterocycles. The number of carbonyl (C=O) groups is 3. The molecule has 0 aromatic heterocycles. The maximum absolute atomic E-state index is 12.8. The number of carbonyl (C=O) groups excluding carboxylic acids is 3. The molecule has 0 bridgehead atoms. The lowest BCUT2D eigenvalue weighted by Crippen LogP contribution is -2.52. The van der Waals surface area contributed by atoms with Gasteiger partial charge in [0.15, 0.2) is 0 Å². The first-order chi connectivity index (χ1) is 12.6. The topological polar surface area (TPSA) is 95.7 Å². The molecule has 26 heavy (non-hydrogen) atoms. The van der Waals surface area contributed by atoms with Crippen LogP contribution in [-0.2, 0) is 22.7 Å². The highest BCUT2D eigenvalue weighted by molar-refractivity contribution is 6.05. The van der Waals surface area contributed by atoms with Gasteiger partial charge in [-0.15, -0.1) is 0 Å². The molecule has 3 amide bonds. The molecule has 0 aliphatic carbocycles. The first kappa shape index (κ1) is 17.2. The molecule has 7 nitrogen and oxygen atoms in total. The molecule has 0 spiro atoms. The number of benzene rings is 1. The first-order valence-electron chi connectivity index (χ1n) is 9.24. The smallest absolute Gasteiger partial charge is 0.255 e. The van der Waals surface area contributed by atoms with E-state index in [9.17, 15) is 14.4 Å². The Kier molecular flexibility index (Phi) is 4.50. The van der Waals surface area contributed by atoms with Crippen molar-refractivity contribution >= 4 is 17.7 Å². The van der Waals surface area contributed by atoms with E-state index in [1.165, 1.54) is 0 Å². The average Bonchev–Trinajstić information content (AvgIpc) is 2.91. The average molecular weight is 356 g/mol. The summed E-state index contributed by atoms with van der Waals surface area (Å²) in [5.41, 5.74) is 8.47. The van der Waals surface area contributed by atoms with Crippen LogP contribution in [0.4, 0.5) is 0 Å². The van der Waals surface area contributed by atoms with Crippen molar-refractivity contribution in [3.05, 3.63) is 34.9 Å². The lowest BCUT2D eigenvalue weighted by Gasteiger charge is -2.39. The molecule has 0 saturated carbocycles. The van der Waals surface area contributed by atoms with Crippen LogP contribution >= 0.6 is 0 Å². The van der Waals surface area contributed by atoms with Crippen LogP contribution in [0.5, 0.6) is 0 Å². The van der Waals surface area contributed by atoms with Crippen molar-refractivity contribution in [2.75, 3.05) is 19.6 Å². The summed E-state index contributed by atoms with van der Waals surface area (Å²) in [5, 5.41) is 2.35. The van der Waals surface area contributed by atoms with E-state index >= 15 is 0 Å². The molecule has 7 heteroatoms. The van der Waals surface area contributed by atoms with Gasteiger partial charge in [0.1, 0.15) is 6.04 Å². The molecule has 138 valence electrons. The number of piperidine rings is 1. The fourth-order valence-corrected chi connectivity index (χ4v) is 4.26. The van der Waals surface area contributed by atoms with E-state index in [0.29, 0.717) is 24.4 Å². The number of nitrogens with zero attached hydrogens (tertiary/aromatic N) is 2. The van der Waals surface area contributed by atoms with Gasteiger partial charge in [0.25, 0.3) is 5.91 Å². The largest absolute Gasteiger partial charge is 0.330 e. The van der Waals surface area contributed by atoms with E-state index in [2.05, 4.69) is 16.3 Å². The van der Waals surface area contributed by atoms with Crippen LogP contribution in [0, 0.1) is 5.92 Å². The number of fused-ring (bicyclic) bond motifs is 1. The highest BCUT2D eigenvalue weighted by atomic mass is 16.2. The second-order valence-corrected chi connectivity index (χ2v) is 7.48. The van der Waals surface area contributed by atoms with Gasteiger partial charge in [-0.3, -0.25) is 24.6 Å². The highest BCUT2D eigenvalue weighted by Gasteiger charge is 2.40. The normalized spacial score (nSPS) is 23.8. The fourth-order valence-electron chi connectivity index (χ4n) is 4.26. The SMILES string of the molecule is NCCC1CN(Cc2cccc3c2CN(C2CCC(=O)NC2=O)C3=O)C1. The number of hydrogen-bond acceptors (Lipinski definition) is 5. The van der Waals surface area contributed by atoms with Crippen LogP contribution in [0.25, 0.3) is 0 Å². The standard InChI is InChI=1S/C19H24N4O3/c20-7-6-12-8-22(9-12)10-13-2-1-3-14-15(13)11-23(19(14)26)16-4-5-17(24)21-18(16)25/h1-3,12,16H,4-11,20H2,(H,21,24,25). The molecule has 4 rings (SSSR count). The molecule has 2 saturated heterocycles. The van der Waals surface area contributed by atoms with Crippen LogP contribution in [0.15, 0.2) is 18.2 Å². The van der Waals surface area contributed by atoms with Crippen LogP contribution in [-0.4, -0.2) is 53.2 Å². The Hall–Kier alpha value is -2.25. The summed E-state index contributed by atoms with van der Waals surface area (Å²) in [6.45, 7) is 4.09. The molecule has 1 atom stereocenters. The van der Waals surface area contributed by atoms with Crippen LogP contribution in [0.1, 0.15) is 40.7 Å². The molecule has 1 aromatic rings. The number of nitrogens with one attached hydrogen (secondary N) is 1. The number of amides is 3. The molecular weight excluding hydrogens is 332 g/mol. The van der Waals surface area contributed by atoms with E-state index in [0.717, 1.165) is 43.7 Å². The van der Waals surface area contributed by atoms with Gasteiger partial charge in [-0.2, -0.15) is 0 Å². The zero-order chi connectivity index (χ0) is 18.3. The summed E-state index contributed by atoms with van der Waals surface area (Å²) in [4.78, 5) is 40.3. The zero-order valence-electron chi connectivity index (χ0n) is 14.7. The Morgan fingerprint density at radius 2 is 2.00 bits per heavy atom. The minimum atomic E-state index is -0.557. The monoisotopic (exact) mass is 356 g/mol. The van der Waals surface area contributed by atoms with Gasteiger partial charge in [-0.25, -0.2) is 0 Å². The molecule has 0 radical (unpaired) electrons. The number of likely N-dealkylation sites (tertiary alicyclic amines) is 1. The number of rotatable bonds is 5. The summed E-state index contributed by atoms with van der Waals surface area (Å²) in [5.74, 6) is -0.0587. The number of imide groups is 1. The van der Waals surface area contributed by atoms with E-state index in [4.69, 9.17) is 5.73 Å². The molecular formula is C19H24N4O3. The van der Waals surface area contributed by atoms with Gasteiger partial charge in [0.2, 0.25) is 11.8 Å². The quantitative estimate of drug-likeness (QED) is 0.736. The maximum Gasteiger partial charge on any atom is 0.255 e. The summed E-state index contributed by atoms with van der Waals surface area (Å²) in [6.07, 6.45) is 1.73. The first-order valence-corrected chi connectivity index (χ1v) is 9.24. The van der Waals surface area contributed by atoms with Crippen molar-refractivity contribution in [1.29, 1.82) is 0 Å². The summed E-state index contributed by atoms with van der Waals surface area (Å²) < 4.78 is 0. The minimum absolute atomic E-state index is 0.110. The van der Waals surface area contributed by atoms with Crippen molar-refractivity contribution in [2.45, 2.75) is 38.4 Å². The Balaban J connectivity index is 1.48. The predicted octanol–water partition coefficient (Wildman–Crippen LogP) is 0.228. The molecule has 1 aromatic carbocycles. The molecule has 3 N–H and O–H groups in total. The second kappa shape index (κ2) is 6.81. The molecule has 3 heterocycles. The van der Waals surface area contributed by atoms with Crippen LogP contribution in [0.3, 0.4) is 0 Å². The Morgan fingerprint density at radius 1 is 1.19 bits per heavy atom. The molecule has 3 aliphatic rings. The van der Waals surface area contributed by atoms with E-state index in [1.807, 2.05) is 12.1 Å². The number of hydrogen-bond donors (Lipinski definition) is 2. The van der Waals surface area contributed by atoms with Crippen LogP contribution in [0.2, 0.25) is 0 Å². The Labute approximate surface area is 152 Å². The van der Waals surface area contributed by atoms with Gasteiger partial charge in [0.05, 0.1) is 0 Å². The van der Waals surface area contributed by atoms with E-state index in [1.54, 1.807) is 4.90 Å². The van der Waals surface area contributed by atoms with E-state index in [-0.39, 0.29) is 24.1 Å². The Morgan fingerprint density at radius 3 is 2.73 bits per heavy atom. The third kappa shape index (κ3) is 3.01. The maximum atomic E-state index is 12.8. The zero-order valence-corrected chi connectivity index (χ0v) is 14.7. The lowest BCUT2D eigenvalue weighted by molar-refractivity contribution is -0.136. The third-order valence-electron chi connectivity index (χ3n) is 5.68. The lowest BCUT2D eigenvalue weighted by atomic mass is 9.94. The Bertz CT molecular complexity index is 757. The van der Waals surface area contributed by atoms with Crippen molar-refractivity contribution in [3.63, 3.8) is 0 Å². The number of nitrogens with two attached hydrogens (primary N) is 1. The van der Waals surface area contributed by atoms with Crippen molar-refractivity contribution in [1.82, 2.24) is 15.1 Å². The highest BCUT2D eigenvalue weighted by Crippen LogP contribution is 2.31. The summed E-state index contributed by atoms with van der Waals surface area (Å²) >= 11 is 0. The van der Waals surface area contributed by atoms with E-state index < -0.39 is 6.04 Å². The van der Waals surface area contributed by atoms with Gasteiger partial charge >= 0.3 is 0 Å². The predicted molar refractivity (Wildman–Crippen MR) is 94.9 cm³/mol. The fraction of sp³-hybridized carbons (Fsp3) is 0.526. The van der Waals surface area contributed by atoms with Gasteiger partial charge in [0, 0.05) is 38.2 Å². The summed E-state index contributed by atoms with van der Waals surface area (Å²) in [6, 6.07) is 5.26. The second-order valence-electron chi connectivity index (χ2n) is 7.48. The van der Waals surface area contributed by atoms with Gasteiger partial charge < -0.3 is 10.6 Å². The van der Waals surface area contributed by atoms with Gasteiger partial charge in [-0.1, -0.05) is 12.1 Å². The molecule has 1 unspecified atom stereocenters. The van der Waals surface area contributed by atoms with Crippen LogP contribution < -0.4 is 11.1 Å². The molecule has 2 fully saturated rings. The minimum Gasteiger partial charge on any atom is -0.330 e. The summed E-state index contributed by atoms with van der Waals surface area (Å²) in [7, 11) is 0. The van der Waals surface area contributed by atoms with Crippen molar-refractivity contribution in [3.8, 4) is 0 Å². The van der Waals surface area contributed by atoms with Crippen molar-refractivity contribution in [2.24, 2.45) is 11.7 Å². The van der Waals surface area contributed by atoms with Gasteiger partial charge in [-0.05, 0) is 42.5 Å². The van der Waals surface area contributed by atoms with Crippen molar-refractivity contribution < 1.29 is 14.4 Å². The third-order valence-corrected chi connectivity index (χ3v) is 5.68.